The van der Waals surface area contributed by atoms with Crippen molar-refractivity contribution in [1.82, 2.24) is 20.7 Å². The highest BCUT2D eigenvalue weighted by Crippen LogP contribution is 2.26. The number of carbonyl (C=O) groups is 1. The minimum absolute atomic E-state index is 0.00521. The smallest absolute Gasteiger partial charge is 0.274 e. The van der Waals surface area contributed by atoms with Gasteiger partial charge in [-0.1, -0.05) is 18.2 Å². The molecule has 9 nitrogen and oxygen atoms in total. The number of nitrogens with zero attached hydrogens (tertiary/aromatic N) is 3. The fourth-order valence-electron chi connectivity index (χ4n) is 3.14. The van der Waals surface area contributed by atoms with Crippen LogP contribution in [-0.4, -0.2) is 27.8 Å². The van der Waals surface area contributed by atoms with Crippen molar-refractivity contribution in [1.29, 1.82) is 0 Å². The van der Waals surface area contributed by atoms with Gasteiger partial charge in [-0.15, -0.1) is 5.10 Å². The molecule has 30 heavy (non-hydrogen) atoms. The number of pyridine rings is 1. The monoisotopic (exact) mass is 402 g/mol. The number of fused-ring (bicyclic) bond motifs is 1. The van der Waals surface area contributed by atoms with Crippen LogP contribution in [0.5, 0.6) is 0 Å². The average Bonchev–Trinajstić information content (AvgIpc) is 3.18. The number of carbonyl (C=O) groups excluding carboxylic acids is 1. The molecule has 2 aliphatic rings. The number of nitrogens with two attached hydrogens (primary N) is 2. The molecule has 152 valence electrons. The number of nitrogens with one attached hydrogen (secondary N) is 3. The molecule has 1 aromatic carbocycles. The van der Waals surface area contributed by atoms with Crippen LogP contribution in [0.4, 0.5) is 5.69 Å². The number of anilines is 1. The number of aromatic nitrogens is 1. The summed E-state index contributed by atoms with van der Waals surface area (Å²) in [6.07, 6.45) is 9.42. The summed E-state index contributed by atoms with van der Waals surface area (Å²) in [4.78, 5) is 18.5. The molecule has 0 spiro atoms. The standard InChI is InChI=1S/C21H22N8O/c1-13-2-8-17(24-10-13)21(30)25-16-6-3-14(4-7-16)18-12-29-11-15(20(22)27-28-23)5-9-19(29)26-18/h2-12,19,26,28H,23H2,1H3,(H2,22,27)(H,25,30). The van der Waals surface area contributed by atoms with Crippen LogP contribution in [0.25, 0.3) is 5.70 Å². The van der Waals surface area contributed by atoms with Gasteiger partial charge in [0.25, 0.3) is 5.91 Å². The van der Waals surface area contributed by atoms with Gasteiger partial charge in [0, 0.05) is 29.9 Å². The molecule has 1 aromatic heterocycles. The van der Waals surface area contributed by atoms with Crippen molar-refractivity contribution in [2.45, 2.75) is 13.1 Å². The largest absolute Gasteiger partial charge is 0.382 e. The third kappa shape index (κ3) is 4.01. The molecule has 2 aromatic rings. The summed E-state index contributed by atoms with van der Waals surface area (Å²) in [5.74, 6) is 5.25. The van der Waals surface area contributed by atoms with E-state index < -0.39 is 0 Å². The van der Waals surface area contributed by atoms with Crippen LogP contribution in [0.3, 0.4) is 0 Å². The van der Waals surface area contributed by atoms with E-state index in [1.165, 1.54) is 0 Å². The Morgan fingerprint density at radius 1 is 1.20 bits per heavy atom. The van der Waals surface area contributed by atoms with E-state index >= 15 is 0 Å². The third-order valence-corrected chi connectivity index (χ3v) is 4.73. The second kappa shape index (κ2) is 8.10. The SMILES string of the molecule is Cc1ccc(C(=O)Nc2ccc(C3=CN4C=C(/C(N)=N/NN)C=CC4N3)cc2)nc1. The van der Waals surface area contributed by atoms with Gasteiger partial charge < -0.3 is 21.3 Å². The van der Waals surface area contributed by atoms with Gasteiger partial charge in [0.15, 0.2) is 5.84 Å². The maximum atomic E-state index is 12.3. The van der Waals surface area contributed by atoms with E-state index in [1.807, 2.05) is 66.7 Å². The van der Waals surface area contributed by atoms with Crippen molar-refractivity contribution in [2.75, 3.05) is 5.32 Å². The topological polar surface area (TPSA) is 134 Å². The van der Waals surface area contributed by atoms with Crippen LogP contribution >= 0.6 is 0 Å². The molecule has 3 heterocycles. The molecule has 0 radical (unpaired) electrons. The molecule has 7 N–H and O–H groups in total. The van der Waals surface area contributed by atoms with Gasteiger partial charge in [-0.05, 0) is 48.4 Å². The summed E-state index contributed by atoms with van der Waals surface area (Å²) in [6.45, 7) is 1.93. The maximum Gasteiger partial charge on any atom is 0.274 e. The van der Waals surface area contributed by atoms with Gasteiger partial charge in [-0.3, -0.25) is 9.78 Å². The van der Waals surface area contributed by atoms with E-state index in [0.717, 1.165) is 22.4 Å². The van der Waals surface area contributed by atoms with Crippen molar-refractivity contribution in [3.8, 4) is 0 Å². The van der Waals surface area contributed by atoms with E-state index in [2.05, 4.69) is 26.3 Å². The molecule has 2 aliphatic heterocycles. The molecule has 1 atom stereocenters. The Labute approximate surface area is 173 Å². The van der Waals surface area contributed by atoms with E-state index in [9.17, 15) is 4.79 Å². The van der Waals surface area contributed by atoms with Crippen molar-refractivity contribution in [3.63, 3.8) is 0 Å². The second-order valence-corrected chi connectivity index (χ2v) is 6.90. The van der Waals surface area contributed by atoms with Crippen LogP contribution in [0.15, 0.2) is 77.8 Å². The highest BCUT2D eigenvalue weighted by molar-refractivity contribution is 6.03. The fraction of sp³-hybridized carbons (Fsp3) is 0.0952. The number of amides is 1. The lowest BCUT2D eigenvalue weighted by Gasteiger charge is -2.23. The number of hydrogen-bond acceptors (Lipinski definition) is 7. The lowest BCUT2D eigenvalue weighted by Crippen LogP contribution is -2.34. The highest BCUT2D eigenvalue weighted by atomic mass is 16.1. The van der Waals surface area contributed by atoms with Gasteiger partial charge >= 0.3 is 0 Å². The number of hydrazone groups is 1. The van der Waals surface area contributed by atoms with Crippen molar-refractivity contribution in [3.05, 3.63) is 89.5 Å². The van der Waals surface area contributed by atoms with E-state index in [4.69, 9.17) is 11.6 Å². The van der Waals surface area contributed by atoms with Gasteiger partial charge in [0.05, 0.1) is 5.70 Å². The predicted molar refractivity (Wildman–Crippen MR) is 116 cm³/mol. The first-order valence-corrected chi connectivity index (χ1v) is 9.33. The first kappa shape index (κ1) is 19.2. The van der Waals surface area contributed by atoms with Crippen LogP contribution in [0, 0.1) is 6.92 Å². The zero-order valence-corrected chi connectivity index (χ0v) is 16.3. The van der Waals surface area contributed by atoms with E-state index in [0.29, 0.717) is 17.2 Å². The van der Waals surface area contributed by atoms with Crippen molar-refractivity contribution < 1.29 is 4.79 Å². The van der Waals surface area contributed by atoms with Crippen LogP contribution in [0.2, 0.25) is 0 Å². The Hall–Kier alpha value is -4.11. The Morgan fingerprint density at radius 2 is 2.00 bits per heavy atom. The van der Waals surface area contributed by atoms with Gasteiger partial charge in [0.1, 0.15) is 11.9 Å². The van der Waals surface area contributed by atoms with Crippen LogP contribution in [-0.2, 0) is 0 Å². The molecule has 0 saturated heterocycles. The zero-order chi connectivity index (χ0) is 21.1. The molecule has 4 rings (SSSR count). The second-order valence-electron chi connectivity index (χ2n) is 6.90. The zero-order valence-electron chi connectivity index (χ0n) is 16.3. The summed E-state index contributed by atoms with van der Waals surface area (Å²) in [5.41, 5.74) is 12.8. The first-order valence-electron chi connectivity index (χ1n) is 9.33. The Bertz CT molecular complexity index is 1070. The summed E-state index contributed by atoms with van der Waals surface area (Å²) in [5, 5.41) is 10.1. The quantitative estimate of drug-likeness (QED) is 0.221. The number of benzene rings is 1. The summed E-state index contributed by atoms with van der Waals surface area (Å²) < 4.78 is 0. The summed E-state index contributed by atoms with van der Waals surface area (Å²) in [6, 6.07) is 11.2. The molecule has 0 fully saturated rings. The molecule has 0 saturated carbocycles. The lowest BCUT2D eigenvalue weighted by atomic mass is 10.1. The number of rotatable bonds is 5. The number of hydrazine groups is 1. The minimum Gasteiger partial charge on any atom is -0.382 e. The first-order chi connectivity index (χ1) is 14.5. The van der Waals surface area contributed by atoms with E-state index in [-0.39, 0.29) is 12.1 Å². The Kier molecular flexibility index (Phi) is 5.19. The average molecular weight is 402 g/mol. The summed E-state index contributed by atoms with van der Waals surface area (Å²) in [7, 11) is 0. The van der Waals surface area contributed by atoms with Gasteiger partial charge in [-0.2, -0.15) is 0 Å². The van der Waals surface area contributed by atoms with Crippen LogP contribution in [0.1, 0.15) is 21.6 Å². The summed E-state index contributed by atoms with van der Waals surface area (Å²) >= 11 is 0. The molecule has 0 aliphatic carbocycles. The molecule has 0 bridgehead atoms. The Balaban J connectivity index is 1.45. The van der Waals surface area contributed by atoms with Crippen molar-refractivity contribution >= 4 is 23.1 Å². The number of aryl methyl sites for hydroxylation is 1. The molecule has 1 unspecified atom stereocenters. The molecular formula is C21H22N8O. The third-order valence-electron chi connectivity index (χ3n) is 4.73. The van der Waals surface area contributed by atoms with Crippen molar-refractivity contribution in [2.24, 2.45) is 16.7 Å². The number of amidine groups is 1. The molecule has 9 heteroatoms. The lowest BCUT2D eigenvalue weighted by molar-refractivity contribution is 0.102. The van der Waals surface area contributed by atoms with Gasteiger partial charge in [-0.25, -0.2) is 11.4 Å². The molecular weight excluding hydrogens is 380 g/mol. The normalized spacial score (nSPS) is 17.6. The Morgan fingerprint density at radius 3 is 2.70 bits per heavy atom. The highest BCUT2D eigenvalue weighted by Gasteiger charge is 2.24. The predicted octanol–water partition coefficient (Wildman–Crippen LogP) is 1.36. The maximum absolute atomic E-state index is 12.3. The fourth-order valence-corrected chi connectivity index (χ4v) is 3.14. The molecule has 1 amide bonds. The van der Waals surface area contributed by atoms with E-state index in [1.54, 1.807) is 12.3 Å². The van der Waals surface area contributed by atoms with Gasteiger partial charge in [0.2, 0.25) is 0 Å². The number of hydrogen-bond donors (Lipinski definition) is 5. The van der Waals surface area contributed by atoms with Crippen LogP contribution < -0.4 is 27.7 Å². The minimum atomic E-state index is -0.243.